The highest BCUT2D eigenvalue weighted by molar-refractivity contribution is 5.79. The highest BCUT2D eigenvalue weighted by atomic mass is 16.5. The maximum Gasteiger partial charge on any atom is 0.224 e. The first-order valence-corrected chi connectivity index (χ1v) is 12.2. The van der Waals surface area contributed by atoms with Crippen LogP contribution >= 0.6 is 0 Å². The lowest BCUT2D eigenvalue weighted by atomic mass is 10.1. The van der Waals surface area contributed by atoms with Gasteiger partial charge < -0.3 is 24.1 Å². The van der Waals surface area contributed by atoms with Crippen molar-refractivity contribution in [2.45, 2.75) is 32.7 Å². The molecule has 1 N–H and O–H groups in total. The maximum atomic E-state index is 12.6. The van der Waals surface area contributed by atoms with Crippen molar-refractivity contribution in [2.75, 3.05) is 27.4 Å². The summed E-state index contributed by atoms with van der Waals surface area (Å²) >= 11 is 0. The molecule has 0 saturated heterocycles. The van der Waals surface area contributed by atoms with Crippen LogP contribution in [0.3, 0.4) is 0 Å². The second kappa shape index (κ2) is 12.1. The van der Waals surface area contributed by atoms with Crippen LogP contribution < -0.4 is 19.5 Å². The molecule has 36 heavy (non-hydrogen) atoms. The van der Waals surface area contributed by atoms with Crippen LogP contribution in [0, 0.1) is 0 Å². The SMILES string of the molecule is CCc1ccc(OCCn2c(CCNC(=O)Cc3ccc(OC)c(OC)c3)nc3ccccc32)cc1. The van der Waals surface area contributed by atoms with Gasteiger partial charge in [-0.3, -0.25) is 4.79 Å². The number of imidazole rings is 1. The number of hydrogen-bond donors (Lipinski definition) is 1. The molecule has 0 spiro atoms. The molecule has 0 aliphatic rings. The predicted molar refractivity (Wildman–Crippen MR) is 141 cm³/mol. The van der Waals surface area contributed by atoms with Gasteiger partial charge in [0, 0.05) is 13.0 Å². The summed E-state index contributed by atoms with van der Waals surface area (Å²) in [6.07, 6.45) is 1.90. The molecule has 1 aromatic heterocycles. The third-order valence-electron chi connectivity index (χ3n) is 6.13. The largest absolute Gasteiger partial charge is 0.493 e. The summed E-state index contributed by atoms with van der Waals surface area (Å²) in [7, 11) is 3.17. The van der Waals surface area contributed by atoms with E-state index in [-0.39, 0.29) is 12.3 Å². The van der Waals surface area contributed by atoms with Crippen molar-refractivity contribution in [1.82, 2.24) is 14.9 Å². The van der Waals surface area contributed by atoms with Crippen molar-refractivity contribution < 1.29 is 19.0 Å². The number of nitrogens with zero attached hydrogens (tertiary/aromatic N) is 2. The quantitative estimate of drug-likeness (QED) is 0.316. The van der Waals surface area contributed by atoms with Crippen LogP contribution in [0.2, 0.25) is 0 Å². The number of aryl methyl sites for hydroxylation is 1. The van der Waals surface area contributed by atoms with Crippen LogP contribution in [0.4, 0.5) is 0 Å². The number of benzene rings is 3. The first kappa shape index (κ1) is 25.1. The summed E-state index contributed by atoms with van der Waals surface area (Å²) < 4.78 is 18.8. The Morgan fingerprint density at radius 1 is 0.944 bits per heavy atom. The van der Waals surface area contributed by atoms with E-state index in [0.29, 0.717) is 37.6 Å². The monoisotopic (exact) mass is 487 g/mol. The molecule has 4 aromatic rings. The van der Waals surface area contributed by atoms with Gasteiger partial charge in [0.15, 0.2) is 11.5 Å². The number of methoxy groups -OCH3 is 2. The van der Waals surface area contributed by atoms with Gasteiger partial charge in [-0.25, -0.2) is 4.98 Å². The number of aromatic nitrogens is 2. The average molecular weight is 488 g/mol. The van der Waals surface area contributed by atoms with Crippen LogP contribution in [0.25, 0.3) is 11.0 Å². The molecule has 7 nitrogen and oxygen atoms in total. The van der Waals surface area contributed by atoms with Crippen molar-refractivity contribution in [1.29, 1.82) is 0 Å². The maximum absolute atomic E-state index is 12.6. The molecule has 0 fully saturated rings. The molecular weight excluding hydrogens is 454 g/mol. The van der Waals surface area contributed by atoms with Gasteiger partial charge in [0.1, 0.15) is 18.2 Å². The van der Waals surface area contributed by atoms with Gasteiger partial charge in [0.25, 0.3) is 0 Å². The smallest absolute Gasteiger partial charge is 0.224 e. The van der Waals surface area contributed by atoms with E-state index in [2.05, 4.69) is 35.0 Å². The van der Waals surface area contributed by atoms with Gasteiger partial charge in [0.05, 0.1) is 38.2 Å². The highest BCUT2D eigenvalue weighted by Crippen LogP contribution is 2.27. The van der Waals surface area contributed by atoms with E-state index in [1.165, 1.54) is 5.56 Å². The number of amides is 1. The number of para-hydroxylation sites is 2. The van der Waals surface area contributed by atoms with Crippen molar-refractivity contribution in [3.8, 4) is 17.2 Å². The topological polar surface area (TPSA) is 74.6 Å². The van der Waals surface area contributed by atoms with E-state index in [1.807, 2.05) is 48.5 Å². The Bertz CT molecular complexity index is 1300. The summed E-state index contributed by atoms with van der Waals surface area (Å²) in [4.78, 5) is 17.4. The number of carbonyl (C=O) groups is 1. The minimum Gasteiger partial charge on any atom is -0.493 e. The van der Waals surface area contributed by atoms with Gasteiger partial charge in [-0.05, 0) is 53.9 Å². The number of ether oxygens (including phenoxy) is 3. The third-order valence-corrected chi connectivity index (χ3v) is 6.13. The molecule has 0 unspecified atom stereocenters. The van der Waals surface area contributed by atoms with Crippen molar-refractivity contribution in [3.63, 3.8) is 0 Å². The molecule has 0 saturated carbocycles. The van der Waals surface area contributed by atoms with Gasteiger partial charge in [0.2, 0.25) is 5.91 Å². The molecule has 7 heteroatoms. The van der Waals surface area contributed by atoms with Crippen molar-refractivity contribution in [3.05, 3.63) is 83.7 Å². The summed E-state index contributed by atoms with van der Waals surface area (Å²) in [5.74, 6) is 2.99. The zero-order valence-electron chi connectivity index (χ0n) is 21.1. The Balaban J connectivity index is 1.35. The first-order valence-electron chi connectivity index (χ1n) is 12.2. The van der Waals surface area contributed by atoms with Crippen LogP contribution in [-0.4, -0.2) is 42.8 Å². The van der Waals surface area contributed by atoms with E-state index in [1.54, 1.807) is 14.2 Å². The summed E-state index contributed by atoms with van der Waals surface area (Å²) in [6, 6.07) is 21.8. The van der Waals surface area contributed by atoms with E-state index >= 15 is 0 Å². The fourth-order valence-corrected chi connectivity index (χ4v) is 4.19. The Morgan fingerprint density at radius 3 is 2.44 bits per heavy atom. The van der Waals surface area contributed by atoms with Gasteiger partial charge >= 0.3 is 0 Å². The number of fused-ring (bicyclic) bond motifs is 1. The predicted octanol–water partition coefficient (Wildman–Crippen LogP) is 4.60. The van der Waals surface area contributed by atoms with Gasteiger partial charge in [-0.1, -0.05) is 37.3 Å². The molecule has 3 aromatic carbocycles. The number of rotatable bonds is 12. The zero-order chi connectivity index (χ0) is 25.3. The van der Waals surface area contributed by atoms with E-state index < -0.39 is 0 Å². The van der Waals surface area contributed by atoms with Crippen molar-refractivity contribution in [2.24, 2.45) is 0 Å². The molecule has 4 rings (SSSR count). The average Bonchev–Trinajstić information content (AvgIpc) is 3.26. The molecular formula is C29H33N3O4. The van der Waals surface area contributed by atoms with Crippen molar-refractivity contribution >= 4 is 16.9 Å². The van der Waals surface area contributed by atoms with E-state index in [4.69, 9.17) is 19.2 Å². The van der Waals surface area contributed by atoms with Crippen LogP contribution in [-0.2, 0) is 30.6 Å². The first-order chi connectivity index (χ1) is 17.6. The van der Waals surface area contributed by atoms with Gasteiger partial charge in [-0.15, -0.1) is 0 Å². The molecule has 0 aliphatic carbocycles. The summed E-state index contributed by atoms with van der Waals surface area (Å²) in [5, 5.41) is 3.01. The van der Waals surface area contributed by atoms with Crippen LogP contribution in [0.1, 0.15) is 23.9 Å². The van der Waals surface area contributed by atoms with Gasteiger partial charge in [-0.2, -0.15) is 0 Å². The molecule has 0 bridgehead atoms. The molecule has 1 amide bonds. The lowest BCUT2D eigenvalue weighted by Crippen LogP contribution is -2.28. The molecule has 0 radical (unpaired) electrons. The summed E-state index contributed by atoms with van der Waals surface area (Å²) in [6.45, 7) is 3.84. The minimum atomic E-state index is -0.0521. The number of carbonyl (C=O) groups excluding carboxylic acids is 1. The molecule has 0 aliphatic heterocycles. The van der Waals surface area contributed by atoms with E-state index in [9.17, 15) is 4.79 Å². The third kappa shape index (κ3) is 6.16. The molecule has 0 atom stereocenters. The minimum absolute atomic E-state index is 0.0521. The Labute approximate surface area is 212 Å². The molecule has 188 valence electrons. The molecule has 1 heterocycles. The standard InChI is InChI=1S/C29H33N3O4/c1-4-21-9-12-23(13-10-21)36-18-17-32-25-8-6-5-7-24(25)31-28(32)15-16-30-29(33)20-22-11-14-26(34-2)27(19-22)35-3/h5-14,19H,4,15-18,20H2,1-3H3,(H,30,33). The Hall–Kier alpha value is -4.00. The lowest BCUT2D eigenvalue weighted by molar-refractivity contribution is -0.120. The van der Waals surface area contributed by atoms with Crippen LogP contribution in [0.5, 0.6) is 17.2 Å². The highest BCUT2D eigenvalue weighted by Gasteiger charge is 2.12. The lowest BCUT2D eigenvalue weighted by Gasteiger charge is -2.12. The normalized spacial score (nSPS) is 10.9. The number of nitrogens with one attached hydrogen (secondary N) is 1. The summed E-state index contributed by atoms with van der Waals surface area (Å²) in [5.41, 5.74) is 4.16. The van der Waals surface area contributed by atoms with Crippen LogP contribution in [0.15, 0.2) is 66.7 Å². The second-order valence-electron chi connectivity index (χ2n) is 8.48. The van der Waals surface area contributed by atoms with E-state index in [0.717, 1.165) is 34.6 Å². The Kier molecular flexibility index (Phi) is 8.44. The fourth-order valence-electron chi connectivity index (χ4n) is 4.19. The zero-order valence-corrected chi connectivity index (χ0v) is 21.1. The number of hydrogen-bond acceptors (Lipinski definition) is 5. The fraction of sp³-hybridized carbons (Fsp3) is 0.310. The second-order valence-corrected chi connectivity index (χ2v) is 8.48. The Morgan fingerprint density at radius 2 is 1.69 bits per heavy atom.